The topological polar surface area (TPSA) is 78.9 Å². The van der Waals surface area contributed by atoms with Crippen LogP contribution in [0.15, 0.2) is 24.3 Å². The van der Waals surface area contributed by atoms with Gasteiger partial charge in [-0.25, -0.2) is 0 Å². The number of rotatable bonds is 58. The average Bonchev–Trinajstić information content (AvgIpc) is 3.36. The quantitative estimate of drug-likeness (QED) is 0.0261. The maximum Gasteiger partial charge on any atom is 0.306 e. The van der Waals surface area contributed by atoms with E-state index in [1.807, 2.05) is 0 Å². The molecular weight excluding hydrogens is 865 g/mol. The number of unbranched alkanes of at least 4 members (excludes halogenated alkanes) is 43. The van der Waals surface area contributed by atoms with Gasteiger partial charge in [-0.2, -0.15) is 0 Å². The smallest absolute Gasteiger partial charge is 0.306 e. The summed E-state index contributed by atoms with van der Waals surface area (Å²) in [5.41, 5.74) is 0. The van der Waals surface area contributed by atoms with Gasteiger partial charge >= 0.3 is 17.9 Å². The van der Waals surface area contributed by atoms with Crippen LogP contribution >= 0.6 is 0 Å². The maximum atomic E-state index is 12.9. The SMILES string of the molecule is CCCCC/C=C\CCCCCCCC(=O)OCC(COC(=O)CCCCCCCCCCCCCCCCCCCCCCCCCCC)OC(=O)CCCCCCC/C=C\CCCCCCCC. The van der Waals surface area contributed by atoms with E-state index in [2.05, 4.69) is 45.1 Å². The lowest BCUT2D eigenvalue weighted by Crippen LogP contribution is -2.30. The Kier molecular flexibility index (Phi) is 57.7. The number of carbonyl (C=O) groups excluding carboxylic acids is 3. The minimum absolute atomic E-state index is 0.0727. The first-order valence-electron chi connectivity index (χ1n) is 31.3. The maximum absolute atomic E-state index is 12.9. The zero-order valence-corrected chi connectivity index (χ0v) is 47.3. The molecule has 6 nitrogen and oxygen atoms in total. The molecule has 0 aliphatic carbocycles. The fraction of sp³-hybridized carbons (Fsp3) is 0.891. The van der Waals surface area contributed by atoms with Gasteiger partial charge in [-0.3, -0.25) is 14.4 Å². The predicted octanol–water partition coefficient (Wildman–Crippen LogP) is 21.1. The molecule has 1 unspecified atom stereocenters. The molecule has 0 aromatic carbocycles. The van der Waals surface area contributed by atoms with Crippen molar-refractivity contribution in [2.24, 2.45) is 0 Å². The van der Waals surface area contributed by atoms with E-state index in [1.165, 1.54) is 238 Å². The van der Waals surface area contributed by atoms with Crippen molar-refractivity contribution in [2.75, 3.05) is 13.2 Å². The number of carbonyl (C=O) groups is 3. The number of allylic oxidation sites excluding steroid dienone is 4. The molecule has 0 amide bonds. The Morgan fingerprint density at radius 1 is 0.271 bits per heavy atom. The summed E-state index contributed by atoms with van der Waals surface area (Å²) in [6, 6.07) is 0. The summed E-state index contributed by atoms with van der Waals surface area (Å²) in [5.74, 6) is -0.869. The third-order valence-electron chi connectivity index (χ3n) is 14.2. The van der Waals surface area contributed by atoms with Crippen LogP contribution in [0, 0.1) is 0 Å². The largest absolute Gasteiger partial charge is 0.462 e. The molecule has 0 aliphatic heterocycles. The number of ether oxygens (including phenoxy) is 3. The van der Waals surface area contributed by atoms with Crippen molar-refractivity contribution < 1.29 is 28.6 Å². The standard InChI is InChI=1S/C64H120O6/c1-4-7-10-13-16-19-22-25-27-28-29-30-31-32-33-34-35-36-38-39-42-45-48-51-54-57-63(66)69-60-61(59-68-62(65)56-53-50-47-44-41-24-21-18-15-12-9-6-3)70-64(67)58-55-52-49-46-43-40-37-26-23-20-17-14-11-8-5-2/h18,21,26,37,61H,4-17,19-20,22-25,27-36,38-60H2,1-3H3/b21-18-,37-26-. The molecule has 412 valence electrons. The lowest BCUT2D eigenvalue weighted by atomic mass is 10.0. The molecule has 0 aromatic rings. The zero-order chi connectivity index (χ0) is 50.7. The van der Waals surface area contributed by atoms with E-state index in [9.17, 15) is 14.4 Å². The van der Waals surface area contributed by atoms with Gasteiger partial charge in [-0.05, 0) is 70.6 Å². The van der Waals surface area contributed by atoms with Crippen molar-refractivity contribution in [1.82, 2.24) is 0 Å². The summed E-state index contributed by atoms with van der Waals surface area (Å²) in [6.45, 7) is 6.65. The monoisotopic (exact) mass is 985 g/mol. The van der Waals surface area contributed by atoms with E-state index in [0.717, 1.165) is 70.6 Å². The van der Waals surface area contributed by atoms with Crippen LogP contribution in [-0.4, -0.2) is 37.2 Å². The number of hydrogen-bond donors (Lipinski definition) is 0. The molecular formula is C64H120O6. The first-order valence-corrected chi connectivity index (χ1v) is 31.3. The zero-order valence-electron chi connectivity index (χ0n) is 47.3. The Morgan fingerprint density at radius 3 is 0.743 bits per heavy atom. The summed E-state index contributed by atoms with van der Waals surface area (Å²) in [5, 5.41) is 0. The van der Waals surface area contributed by atoms with Crippen molar-refractivity contribution >= 4 is 17.9 Å². The van der Waals surface area contributed by atoms with E-state index in [0.29, 0.717) is 19.3 Å². The molecule has 0 spiro atoms. The van der Waals surface area contributed by atoms with Crippen LogP contribution in [0.25, 0.3) is 0 Å². The Morgan fingerprint density at radius 2 is 0.471 bits per heavy atom. The Hall–Kier alpha value is -2.11. The summed E-state index contributed by atoms with van der Waals surface area (Å²) in [7, 11) is 0. The molecule has 0 aliphatic rings. The Bertz CT molecular complexity index is 1130. The Labute approximate surface area is 436 Å². The minimum atomic E-state index is -0.775. The van der Waals surface area contributed by atoms with Crippen molar-refractivity contribution in [3.8, 4) is 0 Å². The lowest BCUT2D eigenvalue weighted by Gasteiger charge is -2.18. The first kappa shape index (κ1) is 67.9. The second kappa shape index (κ2) is 59.5. The third kappa shape index (κ3) is 56.8. The van der Waals surface area contributed by atoms with Gasteiger partial charge in [-0.1, -0.05) is 283 Å². The molecule has 70 heavy (non-hydrogen) atoms. The molecule has 0 radical (unpaired) electrons. The van der Waals surface area contributed by atoms with Gasteiger partial charge in [0, 0.05) is 19.3 Å². The number of hydrogen-bond acceptors (Lipinski definition) is 6. The fourth-order valence-corrected chi connectivity index (χ4v) is 9.44. The van der Waals surface area contributed by atoms with Crippen molar-refractivity contribution in [2.45, 2.75) is 354 Å². The molecule has 0 aromatic heterocycles. The van der Waals surface area contributed by atoms with Crippen LogP contribution in [0.5, 0.6) is 0 Å². The van der Waals surface area contributed by atoms with Gasteiger partial charge < -0.3 is 14.2 Å². The van der Waals surface area contributed by atoms with Crippen molar-refractivity contribution in [1.29, 1.82) is 0 Å². The summed E-state index contributed by atoms with van der Waals surface area (Å²) in [4.78, 5) is 38.2. The second-order valence-electron chi connectivity index (χ2n) is 21.3. The van der Waals surface area contributed by atoms with Gasteiger partial charge in [0.1, 0.15) is 13.2 Å². The number of esters is 3. The van der Waals surface area contributed by atoms with E-state index in [-0.39, 0.29) is 31.1 Å². The molecule has 0 heterocycles. The Balaban J connectivity index is 4.20. The average molecular weight is 986 g/mol. The normalized spacial score (nSPS) is 12.1. The summed E-state index contributed by atoms with van der Waals surface area (Å²) >= 11 is 0. The van der Waals surface area contributed by atoms with E-state index < -0.39 is 6.10 Å². The minimum Gasteiger partial charge on any atom is -0.462 e. The van der Waals surface area contributed by atoms with Gasteiger partial charge in [0.25, 0.3) is 0 Å². The van der Waals surface area contributed by atoms with Crippen LogP contribution in [0.4, 0.5) is 0 Å². The molecule has 0 saturated heterocycles. The highest BCUT2D eigenvalue weighted by atomic mass is 16.6. The van der Waals surface area contributed by atoms with Crippen LogP contribution in [0.3, 0.4) is 0 Å². The molecule has 0 N–H and O–H groups in total. The second-order valence-corrected chi connectivity index (χ2v) is 21.3. The first-order chi connectivity index (χ1) is 34.5. The highest BCUT2D eigenvalue weighted by Gasteiger charge is 2.19. The van der Waals surface area contributed by atoms with Gasteiger partial charge in [0.2, 0.25) is 0 Å². The highest BCUT2D eigenvalue weighted by molar-refractivity contribution is 5.71. The van der Waals surface area contributed by atoms with E-state index >= 15 is 0 Å². The fourth-order valence-electron chi connectivity index (χ4n) is 9.44. The molecule has 0 fully saturated rings. The summed E-state index contributed by atoms with van der Waals surface area (Å²) in [6.07, 6.45) is 70.5. The van der Waals surface area contributed by atoms with Gasteiger partial charge in [0.15, 0.2) is 6.10 Å². The van der Waals surface area contributed by atoms with E-state index in [1.54, 1.807) is 0 Å². The summed E-state index contributed by atoms with van der Waals surface area (Å²) < 4.78 is 16.9. The predicted molar refractivity (Wildman–Crippen MR) is 303 cm³/mol. The van der Waals surface area contributed by atoms with Crippen LogP contribution in [-0.2, 0) is 28.6 Å². The van der Waals surface area contributed by atoms with Crippen molar-refractivity contribution in [3.63, 3.8) is 0 Å². The molecule has 0 rings (SSSR count). The van der Waals surface area contributed by atoms with Gasteiger partial charge in [-0.15, -0.1) is 0 Å². The van der Waals surface area contributed by atoms with Gasteiger partial charge in [0.05, 0.1) is 0 Å². The molecule has 1 atom stereocenters. The third-order valence-corrected chi connectivity index (χ3v) is 14.2. The molecule has 0 bridgehead atoms. The van der Waals surface area contributed by atoms with Crippen LogP contribution in [0.1, 0.15) is 348 Å². The van der Waals surface area contributed by atoms with Crippen LogP contribution < -0.4 is 0 Å². The van der Waals surface area contributed by atoms with E-state index in [4.69, 9.17) is 14.2 Å². The lowest BCUT2D eigenvalue weighted by molar-refractivity contribution is -0.167. The van der Waals surface area contributed by atoms with Crippen molar-refractivity contribution in [3.05, 3.63) is 24.3 Å². The highest BCUT2D eigenvalue weighted by Crippen LogP contribution is 2.18. The molecule has 6 heteroatoms. The van der Waals surface area contributed by atoms with Crippen LogP contribution in [0.2, 0.25) is 0 Å². The molecule has 0 saturated carbocycles.